The van der Waals surface area contributed by atoms with E-state index >= 15 is 0 Å². The van der Waals surface area contributed by atoms with Crippen LogP contribution in [0.4, 0.5) is 0 Å². The molecule has 170 valence electrons. The van der Waals surface area contributed by atoms with Crippen LogP contribution in [0.2, 0.25) is 0 Å². The van der Waals surface area contributed by atoms with Gasteiger partial charge in [-0.25, -0.2) is 8.42 Å². The highest BCUT2D eigenvalue weighted by atomic mass is 32.2. The van der Waals surface area contributed by atoms with Crippen LogP contribution in [-0.2, 0) is 14.8 Å². The molecule has 1 aromatic heterocycles. The van der Waals surface area contributed by atoms with E-state index in [1.165, 1.54) is 10.4 Å². The van der Waals surface area contributed by atoms with Crippen molar-refractivity contribution < 1.29 is 22.4 Å². The minimum atomic E-state index is -3.71. The number of hydrogen-bond acceptors (Lipinski definition) is 5. The number of rotatable bonds is 6. The second kappa shape index (κ2) is 9.05. The van der Waals surface area contributed by atoms with E-state index in [0.717, 1.165) is 11.0 Å². The summed E-state index contributed by atoms with van der Waals surface area (Å²) < 4.78 is 39.1. The summed E-state index contributed by atoms with van der Waals surface area (Å²) in [6.07, 6.45) is 0. The molecule has 2 aromatic carbocycles. The van der Waals surface area contributed by atoms with Crippen LogP contribution in [0.5, 0.6) is 0 Å². The highest BCUT2D eigenvalue weighted by Crippen LogP contribution is 2.29. The quantitative estimate of drug-likeness (QED) is 0.560. The molecule has 0 N–H and O–H groups in total. The molecule has 0 bridgehead atoms. The number of amides is 1. The van der Waals surface area contributed by atoms with Gasteiger partial charge in [-0.3, -0.25) is 4.79 Å². The number of hydrogen-bond donors (Lipinski definition) is 0. The van der Waals surface area contributed by atoms with E-state index in [0.29, 0.717) is 49.7 Å². The van der Waals surface area contributed by atoms with E-state index in [4.69, 9.17) is 9.15 Å². The molecular weight excluding hydrogens is 428 g/mol. The average molecular weight is 457 g/mol. The topological polar surface area (TPSA) is 80.1 Å². The SMILES string of the molecule is CCN(C(=O)c1ccc(C)c(S(=O)(=O)N2CCOCC2)c1)C(C)c1cc2ccccc2o1. The molecule has 4 rings (SSSR count). The third-order valence-corrected chi connectivity index (χ3v) is 7.99. The van der Waals surface area contributed by atoms with Gasteiger partial charge in [-0.2, -0.15) is 4.31 Å². The largest absolute Gasteiger partial charge is 0.459 e. The van der Waals surface area contributed by atoms with Crippen LogP contribution < -0.4 is 0 Å². The number of carbonyl (C=O) groups is 1. The zero-order valence-electron chi connectivity index (χ0n) is 18.6. The van der Waals surface area contributed by atoms with Crippen LogP contribution >= 0.6 is 0 Å². The van der Waals surface area contributed by atoms with Crippen LogP contribution in [0.1, 0.15) is 41.6 Å². The lowest BCUT2D eigenvalue weighted by Gasteiger charge is -2.28. The standard InChI is InChI=1S/C24H28N2O5S/c1-4-26(18(3)22-15-19-7-5-6-8-21(19)31-22)24(27)20-10-9-17(2)23(16-20)32(28,29)25-11-13-30-14-12-25/h5-10,15-16,18H,4,11-14H2,1-3H3. The van der Waals surface area contributed by atoms with Gasteiger partial charge in [0, 0.05) is 30.6 Å². The van der Waals surface area contributed by atoms with E-state index in [2.05, 4.69) is 0 Å². The Bertz CT molecular complexity index is 1200. The van der Waals surface area contributed by atoms with Crippen molar-refractivity contribution in [3.63, 3.8) is 0 Å². The van der Waals surface area contributed by atoms with Crippen LogP contribution in [0.25, 0.3) is 11.0 Å². The zero-order chi connectivity index (χ0) is 22.9. The molecule has 0 aliphatic carbocycles. The Balaban J connectivity index is 1.64. The van der Waals surface area contributed by atoms with Gasteiger partial charge in [0.05, 0.1) is 24.2 Å². The first-order chi connectivity index (χ1) is 15.3. The van der Waals surface area contributed by atoms with Crippen molar-refractivity contribution in [1.82, 2.24) is 9.21 Å². The lowest BCUT2D eigenvalue weighted by atomic mass is 10.1. The molecule has 8 heteroatoms. The number of furan rings is 1. The zero-order valence-corrected chi connectivity index (χ0v) is 19.4. The fraction of sp³-hybridized carbons (Fsp3) is 0.375. The number of para-hydroxylation sites is 1. The van der Waals surface area contributed by atoms with E-state index in [9.17, 15) is 13.2 Å². The molecule has 1 saturated heterocycles. The molecular formula is C24H28N2O5S. The van der Waals surface area contributed by atoms with Crippen molar-refractivity contribution in [2.45, 2.75) is 31.7 Å². The molecule has 1 fully saturated rings. The highest BCUT2D eigenvalue weighted by molar-refractivity contribution is 7.89. The lowest BCUT2D eigenvalue weighted by Crippen LogP contribution is -2.41. The van der Waals surface area contributed by atoms with Crippen molar-refractivity contribution in [2.75, 3.05) is 32.8 Å². The number of fused-ring (bicyclic) bond motifs is 1. The summed E-state index contributed by atoms with van der Waals surface area (Å²) in [6, 6.07) is 14.2. The number of aryl methyl sites for hydroxylation is 1. The van der Waals surface area contributed by atoms with Crippen LogP contribution in [0.15, 0.2) is 57.8 Å². The Labute approximate surface area is 188 Å². The summed E-state index contributed by atoms with van der Waals surface area (Å²) in [5, 5.41) is 0.979. The molecule has 2 heterocycles. The first kappa shape index (κ1) is 22.5. The lowest BCUT2D eigenvalue weighted by molar-refractivity contribution is 0.0684. The van der Waals surface area contributed by atoms with E-state index in [-0.39, 0.29) is 16.8 Å². The summed E-state index contributed by atoms with van der Waals surface area (Å²) >= 11 is 0. The Kier molecular flexibility index (Phi) is 6.37. The van der Waals surface area contributed by atoms with Gasteiger partial charge < -0.3 is 14.1 Å². The van der Waals surface area contributed by atoms with Crippen molar-refractivity contribution >= 4 is 26.9 Å². The molecule has 1 atom stereocenters. The minimum Gasteiger partial charge on any atom is -0.459 e. The van der Waals surface area contributed by atoms with Gasteiger partial charge in [0.1, 0.15) is 11.3 Å². The smallest absolute Gasteiger partial charge is 0.254 e. The normalized spacial score (nSPS) is 16.2. The molecule has 1 amide bonds. The van der Waals surface area contributed by atoms with Crippen molar-refractivity contribution in [3.05, 3.63) is 65.4 Å². The summed E-state index contributed by atoms with van der Waals surface area (Å²) in [4.78, 5) is 15.3. The van der Waals surface area contributed by atoms with Crippen molar-refractivity contribution in [2.24, 2.45) is 0 Å². The van der Waals surface area contributed by atoms with E-state index in [1.54, 1.807) is 24.0 Å². The monoisotopic (exact) mass is 456 g/mol. The number of carbonyl (C=O) groups excluding carboxylic acids is 1. The maximum atomic E-state index is 13.4. The predicted molar refractivity (Wildman–Crippen MR) is 122 cm³/mol. The fourth-order valence-corrected chi connectivity index (χ4v) is 5.72. The molecule has 1 aliphatic heterocycles. The molecule has 0 radical (unpaired) electrons. The van der Waals surface area contributed by atoms with Crippen molar-refractivity contribution in [3.8, 4) is 0 Å². The van der Waals surface area contributed by atoms with E-state index in [1.807, 2.05) is 44.2 Å². The van der Waals surface area contributed by atoms with Crippen LogP contribution in [0, 0.1) is 6.92 Å². The first-order valence-corrected chi connectivity index (χ1v) is 12.2. The summed E-state index contributed by atoms with van der Waals surface area (Å²) in [5.74, 6) is 0.452. The maximum absolute atomic E-state index is 13.4. The Morgan fingerprint density at radius 3 is 2.53 bits per heavy atom. The van der Waals surface area contributed by atoms with Crippen LogP contribution in [-0.4, -0.2) is 56.4 Å². The van der Waals surface area contributed by atoms with Crippen molar-refractivity contribution in [1.29, 1.82) is 0 Å². The van der Waals surface area contributed by atoms with Gasteiger partial charge in [0.15, 0.2) is 0 Å². The molecule has 7 nitrogen and oxygen atoms in total. The molecule has 0 spiro atoms. The number of ether oxygens (including phenoxy) is 1. The van der Waals surface area contributed by atoms with Crippen LogP contribution in [0.3, 0.4) is 0 Å². The first-order valence-electron chi connectivity index (χ1n) is 10.8. The summed E-state index contributed by atoms with van der Waals surface area (Å²) in [7, 11) is -3.71. The minimum absolute atomic E-state index is 0.165. The molecule has 32 heavy (non-hydrogen) atoms. The van der Waals surface area contributed by atoms with Gasteiger partial charge >= 0.3 is 0 Å². The summed E-state index contributed by atoms with van der Waals surface area (Å²) in [5.41, 5.74) is 1.72. The van der Waals surface area contributed by atoms with Gasteiger partial charge in [0.25, 0.3) is 5.91 Å². The highest BCUT2D eigenvalue weighted by Gasteiger charge is 2.30. The third-order valence-electron chi connectivity index (χ3n) is 5.95. The number of benzene rings is 2. The fourth-order valence-electron chi connectivity index (χ4n) is 4.06. The Morgan fingerprint density at radius 2 is 1.84 bits per heavy atom. The van der Waals surface area contributed by atoms with E-state index < -0.39 is 10.0 Å². The number of morpholine rings is 1. The predicted octanol–water partition coefficient (Wildman–Crippen LogP) is 3.99. The third kappa shape index (κ3) is 4.18. The Morgan fingerprint density at radius 1 is 1.12 bits per heavy atom. The average Bonchev–Trinajstić information content (AvgIpc) is 3.24. The number of sulfonamides is 1. The molecule has 3 aromatic rings. The Hall–Kier alpha value is -2.68. The second-order valence-electron chi connectivity index (χ2n) is 7.95. The van der Waals surface area contributed by atoms with Gasteiger partial charge in [-0.1, -0.05) is 24.3 Å². The summed E-state index contributed by atoms with van der Waals surface area (Å²) in [6.45, 7) is 7.38. The van der Waals surface area contributed by atoms with Gasteiger partial charge in [0.2, 0.25) is 10.0 Å². The maximum Gasteiger partial charge on any atom is 0.254 e. The second-order valence-corrected chi connectivity index (χ2v) is 9.86. The number of nitrogens with zero attached hydrogens (tertiary/aromatic N) is 2. The van der Waals surface area contributed by atoms with Gasteiger partial charge in [-0.05, 0) is 50.6 Å². The molecule has 0 saturated carbocycles. The molecule has 1 aliphatic rings. The molecule has 1 unspecified atom stereocenters. The van der Waals surface area contributed by atoms with Gasteiger partial charge in [-0.15, -0.1) is 0 Å².